The average molecular weight is 362 g/mol. The van der Waals surface area contributed by atoms with Crippen LogP contribution in [-0.4, -0.2) is 60.3 Å². The highest BCUT2D eigenvalue weighted by Gasteiger charge is 2.26. The van der Waals surface area contributed by atoms with Crippen molar-refractivity contribution in [3.05, 3.63) is 24.3 Å². The molecule has 0 amide bonds. The zero-order chi connectivity index (χ0) is 18.5. The molecular weight excluding hydrogens is 339 g/mol. The number of anilines is 3. The van der Waals surface area contributed by atoms with Gasteiger partial charge in [0.1, 0.15) is 5.82 Å². The molecular formula is C17H23FN6O2. The summed E-state index contributed by atoms with van der Waals surface area (Å²) in [6.07, 6.45) is 2.63. The van der Waals surface area contributed by atoms with Crippen LogP contribution in [-0.2, 0) is 0 Å². The Balaban J connectivity index is 1.70. The number of halogens is 1. The summed E-state index contributed by atoms with van der Waals surface area (Å²) in [6.45, 7) is 5.87. The van der Waals surface area contributed by atoms with Crippen molar-refractivity contribution >= 4 is 17.6 Å². The van der Waals surface area contributed by atoms with Crippen molar-refractivity contribution in [1.29, 1.82) is 0 Å². The van der Waals surface area contributed by atoms with Crippen molar-refractivity contribution in [2.24, 2.45) is 5.92 Å². The zero-order valence-corrected chi connectivity index (χ0v) is 15.1. The molecule has 0 atom stereocenters. The van der Waals surface area contributed by atoms with Gasteiger partial charge >= 0.3 is 0 Å². The highest BCUT2D eigenvalue weighted by molar-refractivity contribution is 5.57. The summed E-state index contributed by atoms with van der Waals surface area (Å²) >= 11 is 0. The van der Waals surface area contributed by atoms with Gasteiger partial charge in [-0.25, -0.2) is 14.4 Å². The summed E-state index contributed by atoms with van der Waals surface area (Å²) in [4.78, 5) is 14.4. The van der Waals surface area contributed by atoms with Gasteiger partial charge in [0.15, 0.2) is 23.1 Å². The van der Waals surface area contributed by atoms with Crippen LogP contribution in [0.5, 0.6) is 11.5 Å². The molecule has 0 bridgehead atoms. The number of hydrogen-bond donors (Lipinski definition) is 2. The van der Waals surface area contributed by atoms with E-state index in [1.54, 1.807) is 20.2 Å². The Labute approximate surface area is 151 Å². The first kappa shape index (κ1) is 18.1. The fourth-order valence-electron chi connectivity index (χ4n) is 2.70. The van der Waals surface area contributed by atoms with Gasteiger partial charge in [0.25, 0.3) is 0 Å². The molecule has 2 N–H and O–H groups in total. The Morgan fingerprint density at radius 2 is 2.08 bits per heavy atom. The number of aromatic nitrogens is 3. The summed E-state index contributed by atoms with van der Waals surface area (Å²) in [5.41, 5.74) is 0. The van der Waals surface area contributed by atoms with Crippen LogP contribution >= 0.6 is 0 Å². The van der Waals surface area contributed by atoms with Crippen molar-refractivity contribution in [1.82, 2.24) is 19.9 Å². The molecule has 9 heteroatoms. The maximum atomic E-state index is 13.9. The third kappa shape index (κ3) is 4.10. The number of likely N-dealkylation sites (tertiary alicyclic amines) is 1. The van der Waals surface area contributed by atoms with Crippen molar-refractivity contribution in [3.8, 4) is 11.5 Å². The van der Waals surface area contributed by atoms with E-state index in [2.05, 4.69) is 37.4 Å². The summed E-state index contributed by atoms with van der Waals surface area (Å²) in [5.74, 6) is 1.77. The number of rotatable bonds is 8. The van der Waals surface area contributed by atoms with E-state index in [0.717, 1.165) is 25.8 Å². The number of hydrogen-bond acceptors (Lipinski definition) is 8. The third-order valence-electron chi connectivity index (χ3n) is 4.22. The van der Waals surface area contributed by atoms with E-state index in [1.807, 2.05) is 0 Å². The van der Waals surface area contributed by atoms with Crippen molar-refractivity contribution in [2.75, 3.05) is 51.0 Å². The minimum Gasteiger partial charge on any atom is -0.491 e. The first-order valence-electron chi connectivity index (χ1n) is 8.49. The van der Waals surface area contributed by atoms with Gasteiger partial charge in [-0.3, -0.25) is 0 Å². The first-order chi connectivity index (χ1) is 12.6. The fourth-order valence-corrected chi connectivity index (χ4v) is 2.70. The van der Waals surface area contributed by atoms with Gasteiger partial charge in [-0.2, -0.15) is 4.98 Å². The number of ether oxygens (including phenoxy) is 2. The Morgan fingerprint density at radius 3 is 2.77 bits per heavy atom. The van der Waals surface area contributed by atoms with Gasteiger partial charge in [0.05, 0.1) is 26.1 Å². The lowest BCUT2D eigenvalue weighted by atomic mass is 10.0. The van der Waals surface area contributed by atoms with Crippen molar-refractivity contribution in [2.45, 2.75) is 6.92 Å². The van der Waals surface area contributed by atoms with Gasteiger partial charge in [0, 0.05) is 32.1 Å². The smallest absolute Gasteiger partial charge is 0.224 e. The second kappa shape index (κ2) is 8.13. The molecule has 3 rings (SSSR count). The van der Waals surface area contributed by atoms with E-state index in [1.165, 1.54) is 6.20 Å². The molecule has 2 aromatic heterocycles. The molecule has 0 unspecified atom stereocenters. The highest BCUT2D eigenvalue weighted by Crippen LogP contribution is 2.30. The maximum absolute atomic E-state index is 13.9. The molecule has 8 nitrogen and oxygen atoms in total. The van der Waals surface area contributed by atoms with E-state index in [0.29, 0.717) is 35.8 Å². The van der Waals surface area contributed by atoms with E-state index >= 15 is 0 Å². The minimum atomic E-state index is -0.571. The van der Waals surface area contributed by atoms with Crippen LogP contribution in [0.25, 0.3) is 0 Å². The van der Waals surface area contributed by atoms with Crippen LogP contribution < -0.4 is 20.1 Å². The lowest BCUT2D eigenvalue weighted by Crippen LogP contribution is -2.48. The number of methoxy groups -OCH3 is 1. The number of nitrogens with one attached hydrogen (secondary N) is 2. The predicted molar refractivity (Wildman–Crippen MR) is 96.7 cm³/mol. The molecule has 2 aromatic rings. The van der Waals surface area contributed by atoms with Crippen LogP contribution in [0.15, 0.2) is 18.5 Å². The molecule has 26 heavy (non-hydrogen) atoms. The van der Waals surface area contributed by atoms with Crippen LogP contribution in [0.1, 0.15) is 6.92 Å². The summed E-state index contributed by atoms with van der Waals surface area (Å²) in [6, 6.07) is 1.68. The van der Waals surface area contributed by atoms with E-state index in [9.17, 15) is 4.39 Å². The number of pyridine rings is 1. The average Bonchev–Trinajstić information content (AvgIpc) is 2.62. The predicted octanol–water partition coefficient (Wildman–Crippen LogP) is 2.14. The zero-order valence-electron chi connectivity index (χ0n) is 15.1. The van der Waals surface area contributed by atoms with Gasteiger partial charge < -0.3 is 25.0 Å². The normalized spacial score (nSPS) is 14.6. The monoisotopic (exact) mass is 362 g/mol. The minimum absolute atomic E-state index is 0.0329. The van der Waals surface area contributed by atoms with Crippen LogP contribution in [0.4, 0.5) is 22.0 Å². The van der Waals surface area contributed by atoms with Crippen LogP contribution in [0.3, 0.4) is 0 Å². The topological polar surface area (TPSA) is 84.4 Å². The quantitative estimate of drug-likeness (QED) is 0.739. The lowest BCUT2D eigenvalue weighted by molar-refractivity contribution is 0.0662. The second-order valence-corrected chi connectivity index (χ2v) is 6.01. The first-order valence-corrected chi connectivity index (χ1v) is 8.49. The molecule has 3 heterocycles. The highest BCUT2D eigenvalue weighted by atomic mass is 19.1. The van der Waals surface area contributed by atoms with E-state index < -0.39 is 5.82 Å². The third-order valence-corrected chi connectivity index (χ3v) is 4.22. The molecule has 0 aliphatic carbocycles. The standard InChI is InChI=1S/C17H23FN6O2/c1-4-24-8-11(9-24)10-26-13-5-15(20-7-14(13)25-3)22-16-12(18)6-21-17(19-2)23-16/h5-7,11H,4,8-10H2,1-3H3,(H2,19,20,21,22,23). The van der Waals surface area contributed by atoms with Crippen molar-refractivity contribution in [3.63, 3.8) is 0 Å². The Morgan fingerprint density at radius 1 is 1.27 bits per heavy atom. The van der Waals surface area contributed by atoms with E-state index in [4.69, 9.17) is 9.47 Å². The molecule has 1 aliphatic heterocycles. The van der Waals surface area contributed by atoms with Gasteiger partial charge in [-0.05, 0) is 6.54 Å². The maximum Gasteiger partial charge on any atom is 0.224 e. The molecule has 1 fully saturated rings. The van der Waals surface area contributed by atoms with Gasteiger partial charge in [0.2, 0.25) is 5.95 Å². The van der Waals surface area contributed by atoms with E-state index in [-0.39, 0.29) is 5.82 Å². The second-order valence-electron chi connectivity index (χ2n) is 6.01. The summed E-state index contributed by atoms with van der Waals surface area (Å²) in [5, 5.41) is 5.62. The Kier molecular flexibility index (Phi) is 5.67. The molecule has 0 saturated carbocycles. The van der Waals surface area contributed by atoms with Crippen LogP contribution in [0, 0.1) is 11.7 Å². The largest absolute Gasteiger partial charge is 0.491 e. The molecule has 140 valence electrons. The summed E-state index contributed by atoms with van der Waals surface area (Å²) in [7, 11) is 3.22. The lowest BCUT2D eigenvalue weighted by Gasteiger charge is -2.38. The molecule has 1 saturated heterocycles. The molecule has 0 radical (unpaired) electrons. The van der Waals surface area contributed by atoms with Crippen LogP contribution in [0.2, 0.25) is 0 Å². The van der Waals surface area contributed by atoms with Gasteiger partial charge in [-0.15, -0.1) is 0 Å². The number of nitrogens with zero attached hydrogens (tertiary/aromatic N) is 4. The fraction of sp³-hybridized carbons (Fsp3) is 0.471. The summed E-state index contributed by atoms with van der Waals surface area (Å²) < 4.78 is 25.1. The molecule has 0 aromatic carbocycles. The van der Waals surface area contributed by atoms with Gasteiger partial charge in [-0.1, -0.05) is 6.92 Å². The molecule has 1 aliphatic rings. The molecule has 0 spiro atoms. The SMILES string of the molecule is CCN1CC(COc2cc(Nc3nc(NC)ncc3F)ncc2OC)C1. The van der Waals surface area contributed by atoms with Crippen molar-refractivity contribution < 1.29 is 13.9 Å². The Bertz CT molecular complexity index is 754. The Hall–Kier alpha value is -2.68.